The SMILES string of the molecule is Cc1cc(Cl)ccc1C(CO)N1CCNCC1. The molecule has 1 aromatic rings. The highest BCUT2D eigenvalue weighted by Crippen LogP contribution is 2.26. The third-order valence-electron chi connectivity index (χ3n) is 3.36. The van der Waals surface area contributed by atoms with Gasteiger partial charge in [0, 0.05) is 31.2 Å². The van der Waals surface area contributed by atoms with Crippen LogP contribution in [0.3, 0.4) is 0 Å². The van der Waals surface area contributed by atoms with Gasteiger partial charge in [0.15, 0.2) is 0 Å². The molecule has 1 aliphatic heterocycles. The molecule has 0 radical (unpaired) electrons. The van der Waals surface area contributed by atoms with E-state index in [1.54, 1.807) is 0 Å². The first-order valence-electron chi connectivity index (χ1n) is 6.04. The lowest BCUT2D eigenvalue weighted by atomic mass is 10.00. The van der Waals surface area contributed by atoms with E-state index in [1.807, 2.05) is 25.1 Å². The van der Waals surface area contributed by atoms with Gasteiger partial charge < -0.3 is 10.4 Å². The average molecular weight is 255 g/mol. The number of benzene rings is 1. The van der Waals surface area contributed by atoms with Gasteiger partial charge in [-0.3, -0.25) is 4.90 Å². The number of aliphatic hydroxyl groups excluding tert-OH is 1. The largest absolute Gasteiger partial charge is 0.394 e. The maximum Gasteiger partial charge on any atom is 0.0628 e. The van der Waals surface area contributed by atoms with Gasteiger partial charge in [-0.1, -0.05) is 17.7 Å². The van der Waals surface area contributed by atoms with Crippen molar-refractivity contribution >= 4 is 11.6 Å². The van der Waals surface area contributed by atoms with Crippen LogP contribution in [0.25, 0.3) is 0 Å². The molecule has 1 saturated heterocycles. The van der Waals surface area contributed by atoms with E-state index in [9.17, 15) is 5.11 Å². The molecule has 1 fully saturated rings. The van der Waals surface area contributed by atoms with Crippen LogP contribution in [0, 0.1) is 6.92 Å². The van der Waals surface area contributed by atoms with Crippen molar-refractivity contribution in [2.45, 2.75) is 13.0 Å². The first kappa shape index (κ1) is 12.8. The van der Waals surface area contributed by atoms with Crippen LogP contribution in [-0.2, 0) is 0 Å². The van der Waals surface area contributed by atoms with Gasteiger partial charge in [0.25, 0.3) is 0 Å². The molecule has 0 bridgehead atoms. The number of aliphatic hydroxyl groups is 1. The number of piperazine rings is 1. The molecular weight excluding hydrogens is 236 g/mol. The van der Waals surface area contributed by atoms with Crippen LogP contribution < -0.4 is 5.32 Å². The third-order valence-corrected chi connectivity index (χ3v) is 3.59. The van der Waals surface area contributed by atoms with E-state index in [0.29, 0.717) is 0 Å². The first-order chi connectivity index (χ1) is 8.22. The van der Waals surface area contributed by atoms with Crippen LogP contribution in [0.1, 0.15) is 17.2 Å². The topological polar surface area (TPSA) is 35.5 Å². The first-order valence-corrected chi connectivity index (χ1v) is 6.42. The van der Waals surface area contributed by atoms with Crippen molar-refractivity contribution in [3.8, 4) is 0 Å². The lowest BCUT2D eigenvalue weighted by Crippen LogP contribution is -2.46. The number of rotatable bonds is 3. The number of hydrogen-bond acceptors (Lipinski definition) is 3. The standard InChI is InChI=1S/C13H19ClN2O/c1-10-8-11(14)2-3-12(10)13(9-17)16-6-4-15-5-7-16/h2-3,8,13,15,17H,4-7,9H2,1H3. The summed E-state index contributed by atoms with van der Waals surface area (Å²) in [6, 6.07) is 5.98. The van der Waals surface area contributed by atoms with Crippen molar-refractivity contribution in [2.75, 3.05) is 32.8 Å². The minimum absolute atomic E-state index is 0.0920. The van der Waals surface area contributed by atoms with Crippen molar-refractivity contribution in [1.29, 1.82) is 0 Å². The fourth-order valence-corrected chi connectivity index (χ4v) is 2.64. The number of nitrogens with one attached hydrogen (secondary N) is 1. The molecule has 2 rings (SSSR count). The Morgan fingerprint density at radius 1 is 1.41 bits per heavy atom. The van der Waals surface area contributed by atoms with E-state index < -0.39 is 0 Å². The zero-order valence-electron chi connectivity index (χ0n) is 10.1. The molecule has 2 N–H and O–H groups in total. The van der Waals surface area contributed by atoms with Gasteiger partial charge in [0.05, 0.1) is 12.6 Å². The van der Waals surface area contributed by atoms with Crippen LogP contribution in [0.5, 0.6) is 0 Å². The zero-order chi connectivity index (χ0) is 12.3. The van der Waals surface area contributed by atoms with Crippen molar-refractivity contribution in [3.05, 3.63) is 34.3 Å². The lowest BCUT2D eigenvalue weighted by molar-refractivity contribution is 0.110. The Balaban J connectivity index is 2.21. The lowest BCUT2D eigenvalue weighted by Gasteiger charge is -2.34. The van der Waals surface area contributed by atoms with Crippen molar-refractivity contribution < 1.29 is 5.11 Å². The zero-order valence-corrected chi connectivity index (χ0v) is 10.9. The number of aryl methyl sites for hydroxylation is 1. The highest BCUT2D eigenvalue weighted by atomic mass is 35.5. The second-order valence-corrected chi connectivity index (χ2v) is 4.92. The summed E-state index contributed by atoms with van der Waals surface area (Å²) in [5.41, 5.74) is 2.33. The van der Waals surface area contributed by atoms with E-state index in [-0.39, 0.29) is 12.6 Å². The average Bonchev–Trinajstić information content (AvgIpc) is 2.34. The summed E-state index contributed by atoms with van der Waals surface area (Å²) < 4.78 is 0. The Labute approximate surface area is 107 Å². The summed E-state index contributed by atoms with van der Waals surface area (Å²) in [6.07, 6.45) is 0. The van der Waals surface area contributed by atoms with Crippen LogP contribution in [0.2, 0.25) is 5.02 Å². The van der Waals surface area contributed by atoms with E-state index >= 15 is 0 Å². The Morgan fingerprint density at radius 2 is 2.12 bits per heavy atom. The van der Waals surface area contributed by atoms with Crippen LogP contribution in [0.4, 0.5) is 0 Å². The maximum absolute atomic E-state index is 9.63. The van der Waals surface area contributed by atoms with Gasteiger partial charge in [-0.05, 0) is 30.2 Å². The molecule has 0 aliphatic carbocycles. The molecule has 3 nitrogen and oxygen atoms in total. The summed E-state index contributed by atoms with van der Waals surface area (Å²) >= 11 is 5.96. The summed E-state index contributed by atoms with van der Waals surface area (Å²) in [7, 11) is 0. The van der Waals surface area contributed by atoms with Crippen LogP contribution in [0.15, 0.2) is 18.2 Å². The Bertz CT molecular complexity index is 378. The van der Waals surface area contributed by atoms with E-state index in [0.717, 1.165) is 36.8 Å². The molecule has 0 saturated carbocycles. The minimum Gasteiger partial charge on any atom is -0.394 e. The molecule has 1 atom stereocenters. The highest BCUT2D eigenvalue weighted by molar-refractivity contribution is 6.30. The number of nitrogens with zero attached hydrogens (tertiary/aromatic N) is 1. The third kappa shape index (κ3) is 2.99. The molecule has 1 unspecified atom stereocenters. The van der Waals surface area contributed by atoms with Gasteiger partial charge in [0.1, 0.15) is 0 Å². The highest BCUT2D eigenvalue weighted by Gasteiger charge is 2.22. The second-order valence-electron chi connectivity index (χ2n) is 4.49. The Morgan fingerprint density at radius 3 is 2.71 bits per heavy atom. The normalized spacial score (nSPS) is 19.2. The number of halogens is 1. The van der Waals surface area contributed by atoms with E-state index in [1.165, 1.54) is 5.56 Å². The van der Waals surface area contributed by atoms with Crippen molar-refractivity contribution in [3.63, 3.8) is 0 Å². The predicted octanol–water partition coefficient (Wildman–Crippen LogP) is 1.59. The maximum atomic E-state index is 9.63. The fourth-order valence-electron chi connectivity index (χ4n) is 2.42. The van der Waals surface area contributed by atoms with Gasteiger partial charge >= 0.3 is 0 Å². The minimum atomic E-state index is 0.0920. The molecule has 0 spiro atoms. The summed E-state index contributed by atoms with van der Waals surface area (Å²) in [5.74, 6) is 0. The molecular formula is C13H19ClN2O. The van der Waals surface area contributed by atoms with E-state index in [2.05, 4.69) is 10.2 Å². The summed E-state index contributed by atoms with van der Waals surface area (Å²) in [4.78, 5) is 2.33. The molecule has 4 heteroatoms. The fraction of sp³-hybridized carbons (Fsp3) is 0.538. The van der Waals surface area contributed by atoms with Crippen LogP contribution in [-0.4, -0.2) is 42.8 Å². The monoisotopic (exact) mass is 254 g/mol. The molecule has 0 amide bonds. The second kappa shape index (κ2) is 5.83. The molecule has 17 heavy (non-hydrogen) atoms. The predicted molar refractivity (Wildman–Crippen MR) is 70.5 cm³/mol. The van der Waals surface area contributed by atoms with Crippen molar-refractivity contribution in [1.82, 2.24) is 10.2 Å². The Hall–Kier alpha value is -0.610. The van der Waals surface area contributed by atoms with Gasteiger partial charge in [-0.25, -0.2) is 0 Å². The molecule has 1 heterocycles. The molecule has 0 aromatic heterocycles. The molecule has 94 valence electrons. The summed E-state index contributed by atoms with van der Waals surface area (Å²) in [6.45, 7) is 6.14. The van der Waals surface area contributed by atoms with Gasteiger partial charge in [-0.2, -0.15) is 0 Å². The summed E-state index contributed by atoms with van der Waals surface area (Å²) in [5, 5.41) is 13.7. The number of hydrogen-bond donors (Lipinski definition) is 2. The smallest absolute Gasteiger partial charge is 0.0628 e. The quantitative estimate of drug-likeness (QED) is 0.860. The van der Waals surface area contributed by atoms with Gasteiger partial charge in [0.2, 0.25) is 0 Å². The van der Waals surface area contributed by atoms with Gasteiger partial charge in [-0.15, -0.1) is 0 Å². The molecule has 1 aliphatic rings. The van der Waals surface area contributed by atoms with Crippen LogP contribution >= 0.6 is 11.6 Å². The van der Waals surface area contributed by atoms with Crippen molar-refractivity contribution in [2.24, 2.45) is 0 Å². The Kier molecular flexibility index (Phi) is 4.40. The molecule has 1 aromatic carbocycles. The van der Waals surface area contributed by atoms with E-state index in [4.69, 9.17) is 11.6 Å².